The fraction of sp³-hybridized carbons (Fsp3) is 0.650. The SMILES string of the molecule is CC(C)CNCC1CN(c2ccc(Br)cc2)CCN1C(=O)OC(C)(C)C. The van der Waals surface area contributed by atoms with E-state index >= 15 is 0 Å². The molecule has 1 aliphatic rings. The van der Waals surface area contributed by atoms with Crippen LogP contribution in [0.1, 0.15) is 34.6 Å². The standard InChI is InChI=1S/C20H32BrN3O2/c1-15(2)12-22-13-18-14-23(17-8-6-16(21)7-9-17)10-11-24(18)19(25)26-20(3,4)5/h6-9,15,18,22H,10-14H2,1-5H3. The lowest BCUT2D eigenvalue weighted by molar-refractivity contribution is 0.0141. The van der Waals surface area contributed by atoms with Crippen LogP contribution < -0.4 is 10.2 Å². The summed E-state index contributed by atoms with van der Waals surface area (Å²) in [5.74, 6) is 0.580. The van der Waals surface area contributed by atoms with Gasteiger partial charge in [-0.25, -0.2) is 4.79 Å². The van der Waals surface area contributed by atoms with Gasteiger partial charge in [-0.3, -0.25) is 0 Å². The smallest absolute Gasteiger partial charge is 0.410 e. The fourth-order valence-corrected chi connectivity index (χ4v) is 3.28. The van der Waals surface area contributed by atoms with Crippen LogP contribution in [0.15, 0.2) is 28.7 Å². The highest BCUT2D eigenvalue weighted by molar-refractivity contribution is 9.10. The molecule has 1 aromatic carbocycles. The molecule has 5 nitrogen and oxygen atoms in total. The highest BCUT2D eigenvalue weighted by atomic mass is 79.9. The maximum atomic E-state index is 12.7. The predicted octanol–water partition coefficient (Wildman–Crippen LogP) is 4.12. The van der Waals surface area contributed by atoms with E-state index in [2.05, 4.69) is 64.3 Å². The van der Waals surface area contributed by atoms with Crippen LogP contribution in [0.5, 0.6) is 0 Å². The predicted molar refractivity (Wildman–Crippen MR) is 111 cm³/mol. The average molecular weight is 426 g/mol. The molecule has 26 heavy (non-hydrogen) atoms. The number of hydrogen-bond acceptors (Lipinski definition) is 4. The van der Waals surface area contributed by atoms with Crippen LogP contribution in [-0.4, -0.2) is 55.4 Å². The van der Waals surface area contributed by atoms with Crippen LogP contribution in [0.4, 0.5) is 10.5 Å². The van der Waals surface area contributed by atoms with Crippen molar-refractivity contribution in [2.45, 2.75) is 46.3 Å². The van der Waals surface area contributed by atoms with E-state index < -0.39 is 5.60 Å². The van der Waals surface area contributed by atoms with Gasteiger partial charge in [-0.05, 0) is 57.5 Å². The van der Waals surface area contributed by atoms with Crippen molar-refractivity contribution in [1.82, 2.24) is 10.2 Å². The van der Waals surface area contributed by atoms with Crippen LogP contribution in [-0.2, 0) is 4.74 Å². The van der Waals surface area contributed by atoms with Crippen molar-refractivity contribution < 1.29 is 9.53 Å². The molecule has 1 heterocycles. The van der Waals surface area contributed by atoms with Gasteiger partial charge in [0.25, 0.3) is 0 Å². The first-order valence-corrected chi connectivity index (χ1v) is 10.2. The van der Waals surface area contributed by atoms with Gasteiger partial charge in [0.2, 0.25) is 0 Å². The summed E-state index contributed by atoms with van der Waals surface area (Å²) >= 11 is 3.49. The lowest BCUT2D eigenvalue weighted by Crippen LogP contribution is -2.59. The van der Waals surface area contributed by atoms with E-state index in [4.69, 9.17) is 4.74 Å². The average Bonchev–Trinajstić information content (AvgIpc) is 2.53. The third-order valence-corrected chi connectivity index (χ3v) is 4.76. The second kappa shape index (κ2) is 9.09. The van der Waals surface area contributed by atoms with Gasteiger partial charge in [-0.1, -0.05) is 29.8 Å². The van der Waals surface area contributed by atoms with Crippen molar-refractivity contribution in [3.63, 3.8) is 0 Å². The van der Waals surface area contributed by atoms with Gasteiger partial charge in [-0.15, -0.1) is 0 Å². The van der Waals surface area contributed by atoms with Crippen LogP contribution in [0.3, 0.4) is 0 Å². The number of ether oxygens (including phenoxy) is 1. The first kappa shape index (κ1) is 21.0. The maximum Gasteiger partial charge on any atom is 0.410 e. The van der Waals surface area contributed by atoms with Crippen molar-refractivity contribution in [3.8, 4) is 0 Å². The van der Waals surface area contributed by atoms with Crippen LogP contribution in [0.25, 0.3) is 0 Å². The molecule has 1 unspecified atom stereocenters. The number of nitrogens with one attached hydrogen (secondary N) is 1. The minimum absolute atomic E-state index is 0.0843. The van der Waals surface area contributed by atoms with Crippen molar-refractivity contribution in [1.29, 1.82) is 0 Å². The Morgan fingerprint density at radius 1 is 1.27 bits per heavy atom. The van der Waals surface area contributed by atoms with Crippen LogP contribution >= 0.6 is 15.9 Å². The molecule has 1 N–H and O–H groups in total. The number of anilines is 1. The van der Waals surface area contributed by atoms with Crippen molar-refractivity contribution >= 4 is 27.7 Å². The van der Waals surface area contributed by atoms with Crippen LogP contribution in [0, 0.1) is 5.92 Å². The molecule has 0 saturated carbocycles. The fourth-order valence-electron chi connectivity index (χ4n) is 3.02. The maximum absolute atomic E-state index is 12.7. The molecule has 146 valence electrons. The van der Waals surface area contributed by atoms with Crippen molar-refractivity contribution in [3.05, 3.63) is 28.7 Å². The molecule has 0 spiro atoms. The Morgan fingerprint density at radius 3 is 2.50 bits per heavy atom. The van der Waals surface area contributed by atoms with Gasteiger partial charge in [0, 0.05) is 36.3 Å². The Labute approximate surface area is 166 Å². The lowest BCUT2D eigenvalue weighted by atomic mass is 10.1. The third-order valence-electron chi connectivity index (χ3n) is 4.24. The number of benzene rings is 1. The molecule has 2 rings (SSSR count). The number of amides is 1. The van der Waals surface area contributed by atoms with Crippen LogP contribution in [0.2, 0.25) is 0 Å². The molecule has 1 aromatic rings. The number of piperazine rings is 1. The quantitative estimate of drug-likeness (QED) is 0.770. The summed E-state index contributed by atoms with van der Waals surface area (Å²) in [5, 5.41) is 3.50. The van der Waals surface area contributed by atoms with Gasteiger partial charge in [0.05, 0.1) is 6.04 Å². The van der Waals surface area contributed by atoms with E-state index in [1.54, 1.807) is 0 Å². The van der Waals surface area contributed by atoms with E-state index in [0.717, 1.165) is 30.7 Å². The Morgan fingerprint density at radius 2 is 1.92 bits per heavy atom. The van der Waals surface area contributed by atoms with Gasteiger partial charge in [0.15, 0.2) is 0 Å². The second-order valence-electron chi connectivity index (χ2n) is 8.30. The highest BCUT2D eigenvalue weighted by Crippen LogP contribution is 2.23. The Bertz CT molecular complexity index is 584. The third kappa shape index (κ3) is 6.47. The molecule has 6 heteroatoms. The summed E-state index contributed by atoms with van der Waals surface area (Å²) in [5.41, 5.74) is 0.710. The Kier molecular flexibility index (Phi) is 7.35. The number of carbonyl (C=O) groups excluding carboxylic acids is 1. The van der Waals surface area contributed by atoms with E-state index in [-0.39, 0.29) is 12.1 Å². The van der Waals surface area contributed by atoms with Crippen molar-refractivity contribution in [2.75, 3.05) is 37.6 Å². The number of carbonyl (C=O) groups is 1. The number of nitrogens with zero attached hydrogens (tertiary/aromatic N) is 2. The Balaban J connectivity index is 2.08. The first-order chi connectivity index (χ1) is 12.2. The van der Waals surface area contributed by atoms with Gasteiger partial charge < -0.3 is 19.9 Å². The zero-order valence-corrected chi connectivity index (χ0v) is 18.2. The molecule has 1 aliphatic heterocycles. The number of halogens is 1. The monoisotopic (exact) mass is 425 g/mol. The minimum atomic E-state index is -0.476. The molecular weight excluding hydrogens is 394 g/mol. The summed E-state index contributed by atoms with van der Waals surface area (Å²) in [6.07, 6.45) is -0.218. The zero-order valence-electron chi connectivity index (χ0n) is 16.6. The molecule has 1 atom stereocenters. The molecule has 1 fully saturated rings. The number of hydrogen-bond donors (Lipinski definition) is 1. The normalized spacial score (nSPS) is 18.3. The summed E-state index contributed by atoms with van der Waals surface area (Å²) < 4.78 is 6.70. The van der Waals surface area contributed by atoms with Gasteiger partial charge in [-0.2, -0.15) is 0 Å². The van der Waals surface area contributed by atoms with Gasteiger partial charge >= 0.3 is 6.09 Å². The summed E-state index contributed by atoms with van der Waals surface area (Å²) in [7, 11) is 0. The Hall–Kier alpha value is -1.27. The summed E-state index contributed by atoms with van der Waals surface area (Å²) in [6.45, 7) is 14.1. The largest absolute Gasteiger partial charge is 0.444 e. The minimum Gasteiger partial charge on any atom is -0.444 e. The second-order valence-corrected chi connectivity index (χ2v) is 9.22. The van der Waals surface area contributed by atoms with Crippen molar-refractivity contribution in [2.24, 2.45) is 5.92 Å². The summed E-state index contributed by atoms with van der Waals surface area (Å²) in [4.78, 5) is 16.9. The summed E-state index contributed by atoms with van der Waals surface area (Å²) in [6, 6.07) is 8.43. The molecule has 1 amide bonds. The molecule has 0 aromatic heterocycles. The topological polar surface area (TPSA) is 44.8 Å². The lowest BCUT2D eigenvalue weighted by Gasteiger charge is -2.42. The van der Waals surface area contributed by atoms with E-state index in [1.165, 1.54) is 5.69 Å². The molecule has 1 saturated heterocycles. The van der Waals surface area contributed by atoms with E-state index in [9.17, 15) is 4.79 Å². The molecular formula is C20H32BrN3O2. The molecule has 0 aliphatic carbocycles. The molecule has 0 radical (unpaired) electrons. The molecule has 0 bridgehead atoms. The first-order valence-electron chi connectivity index (χ1n) is 9.36. The van der Waals surface area contributed by atoms with Gasteiger partial charge in [0.1, 0.15) is 5.60 Å². The number of rotatable bonds is 5. The highest BCUT2D eigenvalue weighted by Gasteiger charge is 2.33. The zero-order chi connectivity index (χ0) is 19.3. The van der Waals surface area contributed by atoms with E-state index in [1.807, 2.05) is 25.7 Å². The van der Waals surface area contributed by atoms with E-state index in [0.29, 0.717) is 12.5 Å².